The Morgan fingerprint density at radius 3 is 3.00 bits per heavy atom. The standard InChI is InChI=1S/C12H14N4O2/c1-8-2-3-9(12-16-14-7-18-12)6-10(8)15-11(17)4-5-13/h2-3,6-7H,4-5,13H2,1H3,(H,15,17). The molecule has 2 rings (SSSR count). The van der Waals surface area contributed by atoms with E-state index in [1.165, 1.54) is 6.39 Å². The number of amides is 1. The Kier molecular flexibility index (Phi) is 3.69. The predicted octanol–water partition coefficient (Wildman–Crippen LogP) is 1.33. The molecule has 0 unspecified atom stereocenters. The molecule has 0 saturated heterocycles. The third-order valence-electron chi connectivity index (χ3n) is 2.49. The van der Waals surface area contributed by atoms with E-state index in [9.17, 15) is 4.79 Å². The van der Waals surface area contributed by atoms with Gasteiger partial charge < -0.3 is 15.5 Å². The zero-order chi connectivity index (χ0) is 13.0. The molecule has 18 heavy (non-hydrogen) atoms. The van der Waals surface area contributed by atoms with Crippen molar-refractivity contribution in [3.63, 3.8) is 0 Å². The van der Waals surface area contributed by atoms with Gasteiger partial charge in [-0.25, -0.2) is 0 Å². The number of benzene rings is 1. The van der Waals surface area contributed by atoms with Crippen LogP contribution in [0.5, 0.6) is 0 Å². The van der Waals surface area contributed by atoms with Gasteiger partial charge in [0.1, 0.15) is 0 Å². The summed E-state index contributed by atoms with van der Waals surface area (Å²) in [6.07, 6.45) is 1.56. The Bertz CT molecular complexity index is 537. The summed E-state index contributed by atoms with van der Waals surface area (Å²) < 4.78 is 5.11. The van der Waals surface area contributed by atoms with Gasteiger partial charge in [0.15, 0.2) is 0 Å². The van der Waals surface area contributed by atoms with Crippen molar-refractivity contribution in [3.8, 4) is 11.5 Å². The lowest BCUT2D eigenvalue weighted by molar-refractivity contribution is -0.116. The number of hydrogen-bond donors (Lipinski definition) is 2. The van der Waals surface area contributed by atoms with E-state index < -0.39 is 0 Å². The normalized spacial score (nSPS) is 10.3. The predicted molar refractivity (Wildman–Crippen MR) is 66.8 cm³/mol. The van der Waals surface area contributed by atoms with Crippen LogP contribution in [-0.4, -0.2) is 22.6 Å². The topological polar surface area (TPSA) is 94.0 Å². The van der Waals surface area contributed by atoms with Crippen LogP contribution in [0, 0.1) is 6.92 Å². The van der Waals surface area contributed by atoms with Crippen LogP contribution in [0.2, 0.25) is 0 Å². The number of nitrogens with zero attached hydrogens (tertiary/aromatic N) is 2. The van der Waals surface area contributed by atoms with Crippen LogP contribution >= 0.6 is 0 Å². The van der Waals surface area contributed by atoms with Crippen LogP contribution in [0.25, 0.3) is 11.5 Å². The highest BCUT2D eigenvalue weighted by Gasteiger charge is 2.08. The molecule has 1 amide bonds. The first-order chi connectivity index (χ1) is 8.70. The fourth-order valence-electron chi connectivity index (χ4n) is 1.53. The van der Waals surface area contributed by atoms with Gasteiger partial charge in [-0.1, -0.05) is 6.07 Å². The zero-order valence-electron chi connectivity index (χ0n) is 10.0. The molecule has 0 radical (unpaired) electrons. The van der Waals surface area contributed by atoms with Gasteiger partial charge >= 0.3 is 0 Å². The lowest BCUT2D eigenvalue weighted by Crippen LogP contribution is -2.16. The maximum Gasteiger partial charge on any atom is 0.247 e. The highest BCUT2D eigenvalue weighted by Crippen LogP contribution is 2.23. The summed E-state index contributed by atoms with van der Waals surface area (Å²) in [7, 11) is 0. The van der Waals surface area contributed by atoms with Crippen molar-refractivity contribution in [2.24, 2.45) is 5.73 Å². The van der Waals surface area contributed by atoms with E-state index in [4.69, 9.17) is 10.2 Å². The van der Waals surface area contributed by atoms with E-state index in [0.717, 1.165) is 16.8 Å². The van der Waals surface area contributed by atoms with E-state index in [1.807, 2.05) is 19.1 Å². The zero-order valence-corrected chi connectivity index (χ0v) is 10.0. The highest BCUT2D eigenvalue weighted by molar-refractivity contribution is 5.92. The molecule has 0 bridgehead atoms. The summed E-state index contributed by atoms with van der Waals surface area (Å²) in [4.78, 5) is 11.5. The second-order valence-corrected chi connectivity index (χ2v) is 3.86. The number of nitrogens with two attached hydrogens (primary N) is 1. The van der Waals surface area contributed by atoms with Gasteiger partial charge in [-0.2, -0.15) is 0 Å². The summed E-state index contributed by atoms with van der Waals surface area (Å²) in [5, 5.41) is 10.2. The first-order valence-electron chi connectivity index (χ1n) is 5.58. The molecule has 0 atom stereocenters. The SMILES string of the molecule is Cc1ccc(-c2nnco2)cc1NC(=O)CCN. The Morgan fingerprint density at radius 1 is 1.50 bits per heavy atom. The van der Waals surface area contributed by atoms with Crippen molar-refractivity contribution in [2.75, 3.05) is 11.9 Å². The molecule has 0 aliphatic carbocycles. The van der Waals surface area contributed by atoms with Gasteiger partial charge in [0.2, 0.25) is 18.2 Å². The van der Waals surface area contributed by atoms with Gasteiger partial charge in [-0.05, 0) is 24.6 Å². The largest absolute Gasteiger partial charge is 0.423 e. The summed E-state index contributed by atoms with van der Waals surface area (Å²) in [6, 6.07) is 5.55. The number of hydrogen-bond acceptors (Lipinski definition) is 5. The van der Waals surface area contributed by atoms with Crippen molar-refractivity contribution in [3.05, 3.63) is 30.2 Å². The second-order valence-electron chi connectivity index (χ2n) is 3.86. The summed E-state index contributed by atoms with van der Waals surface area (Å²) in [5.74, 6) is 0.313. The fraction of sp³-hybridized carbons (Fsp3) is 0.250. The van der Waals surface area contributed by atoms with Gasteiger partial charge in [0, 0.05) is 24.2 Å². The molecule has 0 aliphatic heterocycles. The molecule has 1 aromatic carbocycles. The molecule has 94 valence electrons. The van der Waals surface area contributed by atoms with Crippen LogP contribution in [0.15, 0.2) is 29.0 Å². The molecule has 6 heteroatoms. The number of nitrogens with one attached hydrogen (secondary N) is 1. The van der Waals surface area contributed by atoms with E-state index >= 15 is 0 Å². The number of carbonyl (C=O) groups is 1. The Morgan fingerprint density at radius 2 is 2.33 bits per heavy atom. The van der Waals surface area contributed by atoms with Crippen LogP contribution < -0.4 is 11.1 Å². The van der Waals surface area contributed by atoms with Gasteiger partial charge in [0.25, 0.3) is 0 Å². The molecule has 0 saturated carbocycles. The lowest BCUT2D eigenvalue weighted by atomic mass is 10.1. The molecule has 1 heterocycles. The van der Waals surface area contributed by atoms with E-state index in [-0.39, 0.29) is 5.91 Å². The third kappa shape index (κ3) is 2.72. The Labute approximate surface area is 104 Å². The molecule has 2 aromatic rings. The Balaban J connectivity index is 2.24. The van der Waals surface area contributed by atoms with Crippen molar-refractivity contribution in [1.29, 1.82) is 0 Å². The first kappa shape index (κ1) is 12.3. The van der Waals surface area contributed by atoms with E-state index in [1.54, 1.807) is 6.07 Å². The van der Waals surface area contributed by atoms with Gasteiger partial charge in [0.05, 0.1) is 0 Å². The van der Waals surface area contributed by atoms with E-state index in [2.05, 4.69) is 15.5 Å². The maximum absolute atomic E-state index is 11.5. The average molecular weight is 246 g/mol. The first-order valence-corrected chi connectivity index (χ1v) is 5.58. The van der Waals surface area contributed by atoms with Crippen LogP contribution in [-0.2, 0) is 4.79 Å². The summed E-state index contributed by atoms with van der Waals surface area (Å²) >= 11 is 0. The van der Waals surface area contributed by atoms with Crippen molar-refractivity contribution in [2.45, 2.75) is 13.3 Å². The number of carbonyl (C=O) groups excluding carboxylic acids is 1. The molecule has 0 fully saturated rings. The molecule has 3 N–H and O–H groups in total. The average Bonchev–Trinajstić information content (AvgIpc) is 2.86. The Hall–Kier alpha value is -2.21. The van der Waals surface area contributed by atoms with Crippen LogP contribution in [0.3, 0.4) is 0 Å². The minimum absolute atomic E-state index is 0.108. The molecular weight excluding hydrogens is 232 g/mol. The second kappa shape index (κ2) is 5.42. The number of anilines is 1. The van der Waals surface area contributed by atoms with Crippen molar-refractivity contribution >= 4 is 11.6 Å². The van der Waals surface area contributed by atoms with E-state index in [0.29, 0.717) is 18.9 Å². The molecular formula is C12H14N4O2. The molecule has 6 nitrogen and oxygen atoms in total. The van der Waals surface area contributed by atoms with Crippen molar-refractivity contribution in [1.82, 2.24) is 10.2 Å². The summed E-state index contributed by atoms with van der Waals surface area (Å²) in [5.41, 5.74) is 7.79. The molecule has 0 aliphatic rings. The number of rotatable bonds is 4. The van der Waals surface area contributed by atoms with Crippen molar-refractivity contribution < 1.29 is 9.21 Å². The molecule has 1 aromatic heterocycles. The highest BCUT2D eigenvalue weighted by atomic mass is 16.4. The lowest BCUT2D eigenvalue weighted by Gasteiger charge is -2.08. The van der Waals surface area contributed by atoms with Gasteiger partial charge in [-0.3, -0.25) is 4.79 Å². The van der Waals surface area contributed by atoms with Gasteiger partial charge in [-0.15, -0.1) is 10.2 Å². The fourth-order valence-corrected chi connectivity index (χ4v) is 1.53. The third-order valence-corrected chi connectivity index (χ3v) is 2.49. The van der Waals surface area contributed by atoms with Crippen LogP contribution in [0.1, 0.15) is 12.0 Å². The maximum atomic E-state index is 11.5. The summed E-state index contributed by atoms with van der Waals surface area (Å²) in [6.45, 7) is 2.24. The minimum atomic E-state index is -0.108. The number of aromatic nitrogens is 2. The quantitative estimate of drug-likeness (QED) is 0.848. The molecule has 0 spiro atoms. The van der Waals surface area contributed by atoms with Crippen LogP contribution in [0.4, 0.5) is 5.69 Å². The minimum Gasteiger partial charge on any atom is -0.423 e. The monoisotopic (exact) mass is 246 g/mol. The smallest absolute Gasteiger partial charge is 0.247 e. The number of aryl methyl sites for hydroxylation is 1.